The van der Waals surface area contributed by atoms with Crippen molar-refractivity contribution in [2.45, 2.75) is 11.8 Å². The van der Waals surface area contributed by atoms with Crippen LogP contribution in [0.2, 0.25) is 5.02 Å². The van der Waals surface area contributed by atoms with Gasteiger partial charge in [-0.15, -0.1) is 0 Å². The summed E-state index contributed by atoms with van der Waals surface area (Å²) >= 11 is 5.99. The summed E-state index contributed by atoms with van der Waals surface area (Å²) in [6.45, 7) is 2.66. The van der Waals surface area contributed by atoms with Crippen LogP contribution in [0.3, 0.4) is 0 Å². The number of hydrogen-bond acceptors (Lipinski definition) is 4. The second-order valence-corrected chi connectivity index (χ2v) is 6.94. The molecule has 0 spiro atoms. The number of nitrogens with one attached hydrogen (secondary N) is 1. The molecule has 0 unspecified atom stereocenters. The van der Waals surface area contributed by atoms with Crippen molar-refractivity contribution in [3.05, 3.63) is 53.1 Å². The third-order valence-electron chi connectivity index (χ3n) is 3.12. The lowest BCUT2D eigenvalue weighted by atomic mass is 10.2. The highest BCUT2D eigenvalue weighted by atomic mass is 35.5. The summed E-state index contributed by atoms with van der Waals surface area (Å²) in [5.41, 5.74) is 1.07. The molecule has 0 fully saturated rings. The van der Waals surface area contributed by atoms with E-state index in [9.17, 15) is 8.42 Å². The van der Waals surface area contributed by atoms with Gasteiger partial charge in [-0.2, -0.15) is 0 Å². The largest absolute Gasteiger partial charge is 0.491 e. The SMILES string of the molecule is COCCOc1ccc(S(=O)(=O)Nc2ccccc2Cl)cc1C. The third kappa shape index (κ3) is 4.60. The van der Waals surface area contributed by atoms with Gasteiger partial charge in [0.2, 0.25) is 0 Å². The molecule has 0 aliphatic heterocycles. The van der Waals surface area contributed by atoms with Gasteiger partial charge in [0, 0.05) is 7.11 Å². The highest BCUT2D eigenvalue weighted by molar-refractivity contribution is 7.92. The first-order valence-corrected chi connectivity index (χ1v) is 8.80. The number of anilines is 1. The Hall–Kier alpha value is -1.76. The highest BCUT2D eigenvalue weighted by Crippen LogP contribution is 2.26. The first-order chi connectivity index (χ1) is 10.9. The molecule has 0 saturated heterocycles. The Morgan fingerprint density at radius 1 is 1.13 bits per heavy atom. The fourth-order valence-corrected chi connectivity index (χ4v) is 3.34. The van der Waals surface area contributed by atoms with Gasteiger partial charge in [0.1, 0.15) is 12.4 Å². The van der Waals surface area contributed by atoms with Gasteiger partial charge in [-0.1, -0.05) is 23.7 Å². The molecule has 0 aliphatic carbocycles. The van der Waals surface area contributed by atoms with Crippen molar-refractivity contribution >= 4 is 27.3 Å². The maximum absolute atomic E-state index is 12.4. The normalized spacial score (nSPS) is 11.3. The number of ether oxygens (including phenoxy) is 2. The van der Waals surface area contributed by atoms with Crippen molar-refractivity contribution < 1.29 is 17.9 Å². The fraction of sp³-hybridized carbons (Fsp3) is 0.250. The molecule has 0 radical (unpaired) electrons. The van der Waals surface area contributed by atoms with E-state index in [1.165, 1.54) is 6.07 Å². The van der Waals surface area contributed by atoms with Crippen LogP contribution >= 0.6 is 11.6 Å². The number of halogens is 1. The molecule has 124 valence electrons. The molecule has 0 bridgehead atoms. The van der Waals surface area contributed by atoms with E-state index in [1.54, 1.807) is 50.4 Å². The zero-order valence-corrected chi connectivity index (χ0v) is 14.4. The molecule has 2 aromatic rings. The average Bonchev–Trinajstić information content (AvgIpc) is 2.51. The molecular weight excluding hydrogens is 338 g/mol. The van der Waals surface area contributed by atoms with Crippen molar-refractivity contribution in [1.29, 1.82) is 0 Å². The monoisotopic (exact) mass is 355 g/mol. The topological polar surface area (TPSA) is 64.6 Å². The summed E-state index contributed by atoms with van der Waals surface area (Å²) in [4.78, 5) is 0.147. The first-order valence-electron chi connectivity index (χ1n) is 6.94. The molecule has 23 heavy (non-hydrogen) atoms. The number of methoxy groups -OCH3 is 1. The summed E-state index contributed by atoms with van der Waals surface area (Å²) < 4.78 is 37.8. The highest BCUT2D eigenvalue weighted by Gasteiger charge is 2.17. The predicted octanol–water partition coefficient (Wildman–Crippen LogP) is 3.47. The Balaban J connectivity index is 2.20. The van der Waals surface area contributed by atoms with Gasteiger partial charge >= 0.3 is 0 Å². The van der Waals surface area contributed by atoms with Crippen LogP contribution in [0.5, 0.6) is 5.75 Å². The van der Waals surface area contributed by atoms with E-state index in [0.29, 0.717) is 29.7 Å². The minimum atomic E-state index is -3.71. The number of aryl methyl sites for hydroxylation is 1. The van der Waals surface area contributed by atoms with Gasteiger partial charge in [-0.25, -0.2) is 8.42 Å². The molecule has 0 atom stereocenters. The Bertz CT molecular complexity index is 777. The Morgan fingerprint density at radius 2 is 1.87 bits per heavy atom. The van der Waals surface area contributed by atoms with Gasteiger partial charge in [-0.3, -0.25) is 4.72 Å². The van der Waals surface area contributed by atoms with E-state index in [1.807, 2.05) is 0 Å². The third-order valence-corrected chi connectivity index (χ3v) is 4.81. The minimum absolute atomic E-state index is 0.147. The second-order valence-electron chi connectivity index (χ2n) is 4.85. The predicted molar refractivity (Wildman–Crippen MR) is 90.8 cm³/mol. The minimum Gasteiger partial charge on any atom is -0.491 e. The average molecular weight is 356 g/mol. The van der Waals surface area contributed by atoms with Crippen LogP contribution < -0.4 is 9.46 Å². The summed E-state index contributed by atoms with van der Waals surface area (Å²) in [7, 11) is -2.13. The summed E-state index contributed by atoms with van der Waals surface area (Å²) in [6.07, 6.45) is 0. The van der Waals surface area contributed by atoms with Crippen LogP contribution in [0.1, 0.15) is 5.56 Å². The standard InChI is InChI=1S/C16H18ClNO4S/c1-12-11-13(7-8-16(12)22-10-9-21-2)23(19,20)18-15-6-4-3-5-14(15)17/h3-8,11,18H,9-10H2,1-2H3. The lowest BCUT2D eigenvalue weighted by Crippen LogP contribution is -2.13. The van der Waals surface area contributed by atoms with Crippen LogP contribution in [-0.2, 0) is 14.8 Å². The van der Waals surface area contributed by atoms with Crippen molar-refractivity contribution in [3.63, 3.8) is 0 Å². The molecular formula is C16H18ClNO4S. The lowest BCUT2D eigenvalue weighted by molar-refractivity contribution is 0.146. The summed E-state index contributed by atoms with van der Waals surface area (Å²) in [5.74, 6) is 0.624. The zero-order chi connectivity index (χ0) is 16.9. The molecule has 0 aromatic heterocycles. The lowest BCUT2D eigenvalue weighted by Gasteiger charge is -2.12. The van der Waals surface area contributed by atoms with Crippen LogP contribution in [0.25, 0.3) is 0 Å². The maximum atomic E-state index is 12.4. The molecule has 0 amide bonds. The molecule has 7 heteroatoms. The maximum Gasteiger partial charge on any atom is 0.261 e. The first kappa shape index (κ1) is 17.6. The van der Waals surface area contributed by atoms with E-state index in [4.69, 9.17) is 21.1 Å². The number of hydrogen-bond donors (Lipinski definition) is 1. The van der Waals surface area contributed by atoms with E-state index >= 15 is 0 Å². The number of rotatable bonds is 7. The van der Waals surface area contributed by atoms with Crippen molar-refractivity contribution in [1.82, 2.24) is 0 Å². The molecule has 5 nitrogen and oxygen atoms in total. The zero-order valence-electron chi connectivity index (χ0n) is 12.9. The number of sulfonamides is 1. The van der Waals surface area contributed by atoms with E-state index in [0.717, 1.165) is 5.56 Å². The van der Waals surface area contributed by atoms with Gasteiger partial charge in [0.15, 0.2) is 0 Å². The Kier molecular flexibility index (Phi) is 5.87. The quantitative estimate of drug-likeness (QED) is 0.772. The van der Waals surface area contributed by atoms with Crippen LogP contribution in [0.4, 0.5) is 5.69 Å². The summed E-state index contributed by atoms with van der Waals surface area (Å²) in [6, 6.07) is 11.4. The molecule has 2 aromatic carbocycles. The van der Waals surface area contributed by atoms with Crippen molar-refractivity contribution in [2.24, 2.45) is 0 Å². The molecule has 2 rings (SSSR count). The van der Waals surface area contributed by atoms with E-state index in [2.05, 4.69) is 4.72 Å². The Morgan fingerprint density at radius 3 is 2.52 bits per heavy atom. The van der Waals surface area contributed by atoms with Crippen molar-refractivity contribution in [3.8, 4) is 5.75 Å². The van der Waals surface area contributed by atoms with Gasteiger partial charge in [-0.05, 0) is 42.8 Å². The van der Waals surface area contributed by atoms with Gasteiger partial charge in [0.25, 0.3) is 10.0 Å². The molecule has 1 N–H and O–H groups in total. The Labute approximate surface area is 141 Å². The molecule has 0 saturated carbocycles. The van der Waals surface area contributed by atoms with Gasteiger partial charge < -0.3 is 9.47 Å². The molecule has 0 aliphatic rings. The van der Waals surface area contributed by atoms with Crippen LogP contribution in [-0.4, -0.2) is 28.7 Å². The fourth-order valence-electron chi connectivity index (χ4n) is 1.93. The van der Waals surface area contributed by atoms with Crippen LogP contribution in [0, 0.1) is 6.92 Å². The van der Waals surface area contributed by atoms with Gasteiger partial charge in [0.05, 0.1) is 22.2 Å². The molecule has 0 heterocycles. The van der Waals surface area contributed by atoms with Crippen molar-refractivity contribution in [2.75, 3.05) is 25.0 Å². The smallest absolute Gasteiger partial charge is 0.261 e. The number of benzene rings is 2. The van der Waals surface area contributed by atoms with Crippen LogP contribution in [0.15, 0.2) is 47.4 Å². The van der Waals surface area contributed by atoms with E-state index < -0.39 is 10.0 Å². The second kappa shape index (κ2) is 7.68. The van der Waals surface area contributed by atoms with E-state index in [-0.39, 0.29) is 4.90 Å². The summed E-state index contributed by atoms with van der Waals surface area (Å²) in [5, 5.41) is 0.340. The number of para-hydroxylation sites is 1.